The van der Waals surface area contributed by atoms with Gasteiger partial charge in [-0.25, -0.2) is 0 Å². The van der Waals surface area contributed by atoms with E-state index in [2.05, 4.69) is 5.32 Å². The monoisotopic (exact) mass is 324 g/mol. The molecule has 0 aliphatic carbocycles. The van der Waals surface area contributed by atoms with Crippen molar-refractivity contribution in [2.24, 2.45) is 0 Å². The Hall–Kier alpha value is -2.82. The van der Waals surface area contributed by atoms with Crippen molar-refractivity contribution >= 4 is 23.2 Å². The van der Waals surface area contributed by atoms with Crippen LogP contribution in [0.1, 0.15) is 28.4 Å². The number of methoxy groups -OCH3 is 1. The number of hydrogen-bond donors (Lipinski definition) is 1. The number of amides is 2. The van der Waals surface area contributed by atoms with E-state index in [1.807, 2.05) is 31.2 Å². The van der Waals surface area contributed by atoms with Crippen LogP contribution in [0.3, 0.4) is 0 Å². The third-order valence-electron chi connectivity index (χ3n) is 4.22. The number of fused-ring (bicyclic) bond motifs is 1. The fourth-order valence-corrected chi connectivity index (χ4v) is 3.06. The van der Waals surface area contributed by atoms with Gasteiger partial charge in [-0.1, -0.05) is 23.8 Å². The Morgan fingerprint density at radius 3 is 2.71 bits per heavy atom. The summed E-state index contributed by atoms with van der Waals surface area (Å²) in [6.45, 7) is 4.11. The average molecular weight is 324 g/mol. The first kappa shape index (κ1) is 16.1. The fraction of sp³-hybridized carbons (Fsp3) is 0.263. The molecule has 0 spiro atoms. The zero-order chi connectivity index (χ0) is 17.3. The van der Waals surface area contributed by atoms with Crippen LogP contribution in [0, 0.1) is 6.92 Å². The van der Waals surface area contributed by atoms with Gasteiger partial charge >= 0.3 is 0 Å². The van der Waals surface area contributed by atoms with Gasteiger partial charge < -0.3 is 15.0 Å². The van der Waals surface area contributed by atoms with E-state index in [1.54, 1.807) is 24.1 Å². The number of carbonyl (C=O) groups is 2. The molecule has 0 saturated carbocycles. The van der Waals surface area contributed by atoms with Crippen LogP contribution in [0.4, 0.5) is 11.4 Å². The van der Waals surface area contributed by atoms with Crippen molar-refractivity contribution < 1.29 is 14.3 Å². The predicted molar refractivity (Wildman–Crippen MR) is 93.9 cm³/mol. The smallest absolute Gasteiger partial charge is 0.259 e. The van der Waals surface area contributed by atoms with Gasteiger partial charge in [0, 0.05) is 13.5 Å². The van der Waals surface area contributed by atoms with E-state index < -0.39 is 0 Å². The highest BCUT2D eigenvalue weighted by Gasteiger charge is 2.26. The largest absolute Gasteiger partial charge is 0.496 e. The second-order valence-electron chi connectivity index (χ2n) is 5.89. The van der Waals surface area contributed by atoms with Crippen molar-refractivity contribution in [1.29, 1.82) is 0 Å². The summed E-state index contributed by atoms with van der Waals surface area (Å²) < 4.78 is 5.29. The van der Waals surface area contributed by atoms with Gasteiger partial charge in [-0.15, -0.1) is 0 Å². The van der Waals surface area contributed by atoms with E-state index in [0.29, 0.717) is 23.5 Å². The summed E-state index contributed by atoms with van der Waals surface area (Å²) in [5.74, 6) is 0.247. The van der Waals surface area contributed by atoms with Gasteiger partial charge in [-0.2, -0.15) is 0 Å². The van der Waals surface area contributed by atoms with Crippen LogP contribution in [-0.2, 0) is 11.2 Å². The molecule has 5 heteroatoms. The number of benzene rings is 2. The summed E-state index contributed by atoms with van der Waals surface area (Å²) in [5.41, 5.74) is 3.96. The summed E-state index contributed by atoms with van der Waals surface area (Å²) in [7, 11) is 1.54. The van der Waals surface area contributed by atoms with Crippen molar-refractivity contribution in [3.8, 4) is 5.75 Å². The minimum absolute atomic E-state index is 0.0245. The molecular formula is C19H20N2O3. The molecule has 1 heterocycles. The van der Waals surface area contributed by atoms with Crippen LogP contribution in [0.25, 0.3) is 0 Å². The molecule has 0 aromatic heterocycles. The second-order valence-corrected chi connectivity index (χ2v) is 5.89. The molecule has 2 amide bonds. The lowest BCUT2D eigenvalue weighted by Gasteiger charge is -2.19. The van der Waals surface area contributed by atoms with Crippen molar-refractivity contribution in [2.45, 2.75) is 20.3 Å². The minimum atomic E-state index is -0.251. The molecule has 0 atom stereocenters. The molecule has 1 aliphatic rings. The molecule has 3 rings (SSSR count). The highest BCUT2D eigenvalue weighted by Crippen LogP contribution is 2.36. The van der Waals surface area contributed by atoms with Crippen molar-refractivity contribution in [2.75, 3.05) is 23.9 Å². The maximum Gasteiger partial charge on any atom is 0.259 e. The van der Waals surface area contributed by atoms with Crippen LogP contribution in [0.5, 0.6) is 5.75 Å². The Morgan fingerprint density at radius 1 is 1.21 bits per heavy atom. The quantitative estimate of drug-likeness (QED) is 0.943. The standard InChI is InChI=1S/C19H20N2O3/c1-12-7-8-17(24-3)15(11-12)19(23)20-16-6-4-5-14-9-10-21(13(2)22)18(14)16/h4-8,11H,9-10H2,1-3H3,(H,20,23). The first-order valence-corrected chi connectivity index (χ1v) is 7.87. The normalized spacial score (nSPS) is 12.7. The van der Waals surface area contributed by atoms with Crippen LogP contribution in [-0.4, -0.2) is 25.5 Å². The zero-order valence-electron chi connectivity index (χ0n) is 14.1. The topological polar surface area (TPSA) is 58.6 Å². The lowest BCUT2D eigenvalue weighted by atomic mass is 10.1. The predicted octanol–water partition coefficient (Wildman–Crippen LogP) is 3.16. The number of hydrogen-bond acceptors (Lipinski definition) is 3. The average Bonchev–Trinajstić information content (AvgIpc) is 3.00. The molecular weight excluding hydrogens is 304 g/mol. The SMILES string of the molecule is COc1ccc(C)cc1C(=O)Nc1cccc2c1N(C(C)=O)CC2. The van der Waals surface area contributed by atoms with E-state index in [4.69, 9.17) is 4.74 Å². The van der Waals surface area contributed by atoms with E-state index in [0.717, 1.165) is 23.2 Å². The van der Waals surface area contributed by atoms with Crippen LogP contribution in [0.15, 0.2) is 36.4 Å². The lowest BCUT2D eigenvalue weighted by Crippen LogP contribution is -2.27. The van der Waals surface area contributed by atoms with E-state index >= 15 is 0 Å². The molecule has 24 heavy (non-hydrogen) atoms. The van der Waals surface area contributed by atoms with E-state index in [-0.39, 0.29) is 11.8 Å². The summed E-state index contributed by atoms with van der Waals surface area (Å²) in [6.07, 6.45) is 0.798. The molecule has 5 nitrogen and oxygen atoms in total. The Labute approximate surface area is 141 Å². The molecule has 0 radical (unpaired) electrons. The van der Waals surface area contributed by atoms with Gasteiger partial charge in [0.25, 0.3) is 5.91 Å². The Balaban J connectivity index is 1.96. The maximum absolute atomic E-state index is 12.7. The Kier molecular flexibility index (Phi) is 4.25. The molecule has 0 saturated heterocycles. The van der Waals surface area contributed by atoms with Crippen molar-refractivity contribution in [1.82, 2.24) is 0 Å². The lowest BCUT2D eigenvalue weighted by molar-refractivity contribution is -0.116. The molecule has 1 N–H and O–H groups in total. The van der Waals surface area contributed by atoms with Gasteiger partial charge in [0.1, 0.15) is 5.75 Å². The number of rotatable bonds is 3. The number of ether oxygens (including phenoxy) is 1. The molecule has 0 bridgehead atoms. The molecule has 0 unspecified atom stereocenters. The van der Waals surface area contributed by atoms with Crippen molar-refractivity contribution in [3.63, 3.8) is 0 Å². The molecule has 124 valence electrons. The van der Waals surface area contributed by atoms with Gasteiger partial charge in [0.15, 0.2) is 0 Å². The Morgan fingerprint density at radius 2 is 2.00 bits per heavy atom. The molecule has 1 aliphatic heterocycles. The third-order valence-corrected chi connectivity index (χ3v) is 4.22. The third kappa shape index (κ3) is 2.85. The number of aryl methyl sites for hydroxylation is 1. The second kappa shape index (κ2) is 6.35. The van der Waals surface area contributed by atoms with E-state index in [9.17, 15) is 9.59 Å². The highest BCUT2D eigenvalue weighted by atomic mass is 16.5. The number of anilines is 2. The van der Waals surface area contributed by atoms with Gasteiger partial charge in [0.05, 0.1) is 24.0 Å². The molecule has 2 aromatic rings. The van der Waals surface area contributed by atoms with Gasteiger partial charge in [-0.3, -0.25) is 9.59 Å². The van der Waals surface area contributed by atoms with Gasteiger partial charge in [0.2, 0.25) is 5.91 Å². The zero-order valence-corrected chi connectivity index (χ0v) is 14.1. The minimum Gasteiger partial charge on any atom is -0.496 e. The van der Waals surface area contributed by atoms with Gasteiger partial charge in [-0.05, 0) is 37.1 Å². The van der Waals surface area contributed by atoms with E-state index in [1.165, 1.54) is 6.92 Å². The number of para-hydroxylation sites is 1. The van der Waals surface area contributed by atoms with Crippen molar-refractivity contribution in [3.05, 3.63) is 53.1 Å². The molecule has 2 aromatic carbocycles. The fourth-order valence-electron chi connectivity index (χ4n) is 3.06. The number of carbonyl (C=O) groups excluding carboxylic acids is 2. The first-order valence-electron chi connectivity index (χ1n) is 7.87. The maximum atomic E-state index is 12.7. The first-order chi connectivity index (χ1) is 11.5. The van der Waals surface area contributed by atoms with Crippen LogP contribution < -0.4 is 15.0 Å². The summed E-state index contributed by atoms with van der Waals surface area (Å²) in [6, 6.07) is 11.2. The summed E-state index contributed by atoms with van der Waals surface area (Å²) in [4.78, 5) is 26.3. The van der Waals surface area contributed by atoms with Crippen LogP contribution >= 0.6 is 0 Å². The van der Waals surface area contributed by atoms with Crippen LogP contribution in [0.2, 0.25) is 0 Å². The number of nitrogens with one attached hydrogen (secondary N) is 1. The Bertz CT molecular complexity index is 814. The summed E-state index contributed by atoms with van der Waals surface area (Å²) in [5, 5.41) is 2.93. The summed E-state index contributed by atoms with van der Waals surface area (Å²) >= 11 is 0. The number of nitrogens with zero attached hydrogens (tertiary/aromatic N) is 1. The molecule has 0 fully saturated rings. The highest BCUT2D eigenvalue weighted by molar-refractivity contribution is 6.09.